The molecule has 2 aliphatic rings. The Morgan fingerprint density at radius 2 is 2.07 bits per heavy atom. The number of rotatable bonds is 7. The van der Waals surface area contributed by atoms with Crippen molar-refractivity contribution in [3.63, 3.8) is 0 Å². The van der Waals surface area contributed by atoms with E-state index in [1.165, 1.54) is 25.7 Å². The molecule has 2 aromatic heterocycles. The Balaban J connectivity index is 1.36. The summed E-state index contributed by atoms with van der Waals surface area (Å²) in [6, 6.07) is 3.98. The first-order valence-corrected chi connectivity index (χ1v) is 11.0. The number of carbonyl (C=O) groups is 2. The second kappa shape index (κ2) is 8.93. The summed E-state index contributed by atoms with van der Waals surface area (Å²) >= 11 is 0. The van der Waals surface area contributed by atoms with E-state index in [0.29, 0.717) is 26.1 Å². The van der Waals surface area contributed by atoms with E-state index >= 15 is 0 Å². The topological polar surface area (TPSA) is 80.1 Å². The minimum Gasteiger partial charge on any atom is -0.354 e. The molecule has 4 rings (SSSR count). The molecule has 7 nitrogen and oxygen atoms in total. The van der Waals surface area contributed by atoms with Crippen LogP contribution in [0.15, 0.2) is 18.3 Å². The highest BCUT2D eigenvalue weighted by Crippen LogP contribution is 2.31. The van der Waals surface area contributed by atoms with Crippen LogP contribution in [0, 0.1) is 5.92 Å². The van der Waals surface area contributed by atoms with E-state index in [9.17, 15) is 9.59 Å². The molecule has 1 aliphatic carbocycles. The average molecular weight is 398 g/mol. The summed E-state index contributed by atoms with van der Waals surface area (Å²) < 4.78 is 1.90. The molecule has 1 saturated heterocycles. The first kappa shape index (κ1) is 19.9. The Kier molecular flexibility index (Phi) is 6.11. The van der Waals surface area contributed by atoms with Gasteiger partial charge in [-0.3, -0.25) is 9.59 Å². The van der Waals surface area contributed by atoms with E-state index in [2.05, 4.69) is 16.4 Å². The number of aromatic nitrogens is 3. The third-order valence-corrected chi connectivity index (χ3v) is 6.46. The van der Waals surface area contributed by atoms with Gasteiger partial charge in [0.1, 0.15) is 0 Å². The molecule has 2 fully saturated rings. The second-order valence-corrected chi connectivity index (χ2v) is 8.47. The number of hydrogen-bond donors (Lipinski definition) is 1. The molecule has 156 valence electrons. The Bertz CT molecular complexity index is 871. The molecule has 1 saturated carbocycles. The second-order valence-electron chi connectivity index (χ2n) is 8.47. The maximum absolute atomic E-state index is 12.2. The molecule has 2 aromatic rings. The summed E-state index contributed by atoms with van der Waals surface area (Å²) in [7, 11) is 0. The molecule has 2 amide bonds. The smallest absolute Gasteiger partial charge is 0.220 e. The van der Waals surface area contributed by atoms with Crippen LogP contribution in [0.4, 0.5) is 0 Å². The summed E-state index contributed by atoms with van der Waals surface area (Å²) in [6.07, 6.45) is 9.54. The van der Waals surface area contributed by atoms with E-state index in [4.69, 9.17) is 5.10 Å². The van der Waals surface area contributed by atoms with Gasteiger partial charge >= 0.3 is 0 Å². The number of hydrogen-bond acceptors (Lipinski definition) is 4. The van der Waals surface area contributed by atoms with Crippen molar-refractivity contribution in [2.45, 2.75) is 64.3 Å². The van der Waals surface area contributed by atoms with E-state index in [1.807, 2.05) is 15.6 Å². The first-order valence-electron chi connectivity index (χ1n) is 11.0. The van der Waals surface area contributed by atoms with Gasteiger partial charge in [0.25, 0.3) is 0 Å². The van der Waals surface area contributed by atoms with Crippen LogP contribution < -0.4 is 5.32 Å². The van der Waals surface area contributed by atoms with Crippen molar-refractivity contribution in [1.82, 2.24) is 25.0 Å². The molecular formula is C22H31N5O2. The van der Waals surface area contributed by atoms with Gasteiger partial charge in [0, 0.05) is 50.5 Å². The SMILES string of the molecule is CC(=O)N1CC[C@H](c2nn(CCNC(=O)CCC3CCCC3)c3ncccc23)C1. The van der Waals surface area contributed by atoms with Crippen LogP contribution in [-0.2, 0) is 16.1 Å². The molecule has 7 heteroatoms. The highest BCUT2D eigenvalue weighted by Gasteiger charge is 2.29. The number of carbonyl (C=O) groups excluding carboxylic acids is 2. The molecule has 1 aliphatic heterocycles. The maximum Gasteiger partial charge on any atom is 0.220 e. The predicted octanol–water partition coefficient (Wildman–Crippen LogP) is 2.85. The zero-order valence-electron chi connectivity index (χ0n) is 17.3. The fourth-order valence-corrected chi connectivity index (χ4v) is 4.78. The number of likely N-dealkylation sites (tertiary alicyclic amines) is 1. The lowest BCUT2D eigenvalue weighted by Gasteiger charge is -2.12. The van der Waals surface area contributed by atoms with Crippen LogP contribution in [0.3, 0.4) is 0 Å². The van der Waals surface area contributed by atoms with Gasteiger partial charge in [-0.05, 0) is 30.9 Å². The van der Waals surface area contributed by atoms with Gasteiger partial charge in [0.15, 0.2) is 5.65 Å². The van der Waals surface area contributed by atoms with Crippen molar-refractivity contribution in [1.29, 1.82) is 0 Å². The zero-order chi connectivity index (χ0) is 20.2. The van der Waals surface area contributed by atoms with Crippen LogP contribution >= 0.6 is 0 Å². The largest absolute Gasteiger partial charge is 0.354 e. The van der Waals surface area contributed by atoms with Gasteiger partial charge in [-0.2, -0.15) is 5.10 Å². The summed E-state index contributed by atoms with van der Waals surface area (Å²) in [6.45, 7) is 4.28. The van der Waals surface area contributed by atoms with Crippen LogP contribution in [0.2, 0.25) is 0 Å². The standard InChI is InChI=1S/C22H31N5O2/c1-16(28)26-13-10-18(15-26)21-19-7-4-11-24-22(19)27(25-21)14-12-23-20(29)9-8-17-5-2-3-6-17/h4,7,11,17-18H,2-3,5-6,8-10,12-15H2,1H3,(H,23,29)/t18-/m0/s1. The monoisotopic (exact) mass is 397 g/mol. The number of fused-ring (bicyclic) bond motifs is 1. The van der Waals surface area contributed by atoms with Crippen LogP contribution in [-0.4, -0.2) is 51.1 Å². The molecule has 1 atom stereocenters. The van der Waals surface area contributed by atoms with Crippen LogP contribution in [0.1, 0.15) is 63.5 Å². The summed E-state index contributed by atoms with van der Waals surface area (Å²) in [5.74, 6) is 1.24. The van der Waals surface area contributed by atoms with Gasteiger partial charge in [0.2, 0.25) is 11.8 Å². The molecule has 3 heterocycles. The Morgan fingerprint density at radius 3 is 2.83 bits per heavy atom. The lowest BCUT2D eigenvalue weighted by atomic mass is 10.0. The van der Waals surface area contributed by atoms with Crippen molar-refractivity contribution >= 4 is 22.8 Å². The van der Waals surface area contributed by atoms with Gasteiger partial charge in [-0.15, -0.1) is 0 Å². The van der Waals surface area contributed by atoms with Crippen molar-refractivity contribution in [2.75, 3.05) is 19.6 Å². The van der Waals surface area contributed by atoms with E-state index < -0.39 is 0 Å². The summed E-state index contributed by atoms with van der Waals surface area (Å²) in [5.41, 5.74) is 1.87. The van der Waals surface area contributed by atoms with E-state index in [-0.39, 0.29) is 17.7 Å². The number of nitrogens with one attached hydrogen (secondary N) is 1. The first-order chi connectivity index (χ1) is 14.1. The predicted molar refractivity (Wildman–Crippen MR) is 111 cm³/mol. The lowest BCUT2D eigenvalue weighted by Crippen LogP contribution is -2.27. The Hall–Kier alpha value is -2.44. The number of nitrogens with zero attached hydrogens (tertiary/aromatic N) is 4. The zero-order valence-corrected chi connectivity index (χ0v) is 17.3. The number of amides is 2. The highest BCUT2D eigenvalue weighted by atomic mass is 16.2. The summed E-state index contributed by atoms with van der Waals surface area (Å²) in [5, 5.41) is 8.93. The van der Waals surface area contributed by atoms with Crippen molar-refractivity contribution in [2.24, 2.45) is 5.92 Å². The van der Waals surface area contributed by atoms with Gasteiger partial charge in [-0.1, -0.05) is 25.7 Å². The third kappa shape index (κ3) is 4.60. The number of pyridine rings is 1. The fourth-order valence-electron chi connectivity index (χ4n) is 4.78. The minimum absolute atomic E-state index is 0.120. The van der Waals surface area contributed by atoms with Crippen molar-refractivity contribution in [3.8, 4) is 0 Å². The van der Waals surface area contributed by atoms with Gasteiger partial charge in [0.05, 0.1) is 12.2 Å². The minimum atomic E-state index is 0.120. The van der Waals surface area contributed by atoms with Crippen molar-refractivity contribution in [3.05, 3.63) is 24.0 Å². The Labute approximate surface area is 171 Å². The quantitative estimate of drug-likeness (QED) is 0.779. The Morgan fingerprint density at radius 1 is 1.24 bits per heavy atom. The summed E-state index contributed by atoms with van der Waals surface area (Å²) in [4.78, 5) is 30.3. The third-order valence-electron chi connectivity index (χ3n) is 6.46. The van der Waals surface area contributed by atoms with E-state index in [1.54, 1.807) is 13.1 Å². The average Bonchev–Trinajstić information content (AvgIpc) is 3.46. The molecule has 0 spiro atoms. The highest BCUT2D eigenvalue weighted by molar-refractivity contribution is 5.79. The van der Waals surface area contributed by atoms with Crippen molar-refractivity contribution < 1.29 is 9.59 Å². The molecule has 29 heavy (non-hydrogen) atoms. The molecule has 0 bridgehead atoms. The normalized spacial score (nSPS) is 19.9. The van der Waals surface area contributed by atoms with Crippen LogP contribution in [0.25, 0.3) is 11.0 Å². The van der Waals surface area contributed by atoms with Crippen LogP contribution in [0.5, 0.6) is 0 Å². The fraction of sp³-hybridized carbons (Fsp3) is 0.636. The molecule has 0 unspecified atom stereocenters. The van der Waals surface area contributed by atoms with Gasteiger partial charge < -0.3 is 10.2 Å². The molecule has 0 aromatic carbocycles. The molecule has 0 radical (unpaired) electrons. The lowest BCUT2D eigenvalue weighted by molar-refractivity contribution is -0.127. The van der Waals surface area contributed by atoms with E-state index in [0.717, 1.165) is 42.0 Å². The maximum atomic E-state index is 12.2. The molecular weight excluding hydrogens is 366 g/mol. The van der Waals surface area contributed by atoms with Gasteiger partial charge in [-0.25, -0.2) is 9.67 Å². The molecule has 1 N–H and O–H groups in total.